The fourth-order valence-electron chi connectivity index (χ4n) is 2.37. The summed E-state index contributed by atoms with van der Waals surface area (Å²) in [7, 11) is 0. The van der Waals surface area contributed by atoms with Gasteiger partial charge in [-0.05, 0) is 81.8 Å². The molecule has 112 valence electrons. The monoisotopic (exact) mass is 405 g/mol. The van der Waals surface area contributed by atoms with Crippen molar-refractivity contribution >= 4 is 31.9 Å². The smallest absolute Gasteiger partial charge is 0.147 e. The molecular weight excluding hydrogens is 386 g/mol. The second-order valence-corrected chi connectivity index (χ2v) is 6.72. The molecule has 0 aliphatic carbocycles. The average molecular weight is 407 g/mol. The van der Waals surface area contributed by atoms with Crippen LogP contribution in [0.1, 0.15) is 25.3 Å². The second kappa shape index (κ2) is 8.37. The molecule has 1 heterocycles. The molecule has 1 aliphatic heterocycles. The van der Waals surface area contributed by atoms with Gasteiger partial charge in [-0.3, -0.25) is 0 Å². The molecule has 5 heteroatoms. The zero-order valence-corrected chi connectivity index (χ0v) is 14.9. The predicted molar refractivity (Wildman–Crippen MR) is 88.3 cm³/mol. The third-order valence-electron chi connectivity index (χ3n) is 3.45. The van der Waals surface area contributed by atoms with Gasteiger partial charge < -0.3 is 14.8 Å². The van der Waals surface area contributed by atoms with Gasteiger partial charge in [-0.1, -0.05) is 0 Å². The summed E-state index contributed by atoms with van der Waals surface area (Å²) in [5.41, 5.74) is 1.25. The van der Waals surface area contributed by atoms with E-state index < -0.39 is 0 Å². The molecule has 1 N–H and O–H groups in total. The van der Waals surface area contributed by atoms with Crippen molar-refractivity contribution in [2.75, 3.05) is 26.4 Å². The summed E-state index contributed by atoms with van der Waals surface area (Å²) in [6.45, 7) is 6.41. The summed E-state index contributed by atoms with van der Waals surface area (Å²) in [5, 5.41) is 3.54. The first-order valence-corrected chi connectivity index (χ1v) is 8.68. The van der Waals surface area contributed by atoms with Crippen LogP contribution in [-0.4, -0.2) is 26.4 Å². The highest BCUT2D eigenvalue weighted by atomic mass is 79.9. The molecular formula is C15H21Br2NO2. The Hall–Kier alpha value is -0.100. The molecule has 1 aliphatic rings. The Bertz CT molecular complexity index is 411. The number of rotatable bonds is 6. The van der Waals surface area contributed by atoms with Gasteiger partial charge in [-0.25, -0.2) is 0 Å². The van der Waals surface area contributed by atoms with Crippen LogP contribution in [0.15, 0.2) is 21.1 Å². The zero-order valence-electron chi connectivity index (χ0n) is 11.8. The number of ether oxygens (including phenoxy) is 2. The van der Waals surface area contributed by atoms with E-state index in [2.05, 4.69) is 49.3 Å². The van der Waals surface area contributed by atoms with E-state index in [4.69, 9.17) is 9.47 Å². The van der Waals surface area contributed by atoms with E-state index in [9.17, 15) is 0 Å². The van der Waals surface area contributed by atoms with E-state index in [1.807, 2.05) is 6.92 Å². The zero-order chi connectivity index (χ0) is 14.4. The fourth-order valence-corrected chi connectivity index (χ4v) is 3.88. The van der Waals surface area contributed by atoms with Crippen molar-refractivity contribution in [1.82, 2.24) is 5.32 Å². The molecule has 3 nitrogen and oxygen atoms in total. The van der Waals surface area contributed by atoms with Gasteiger partial charge >= 0.3 is 0 Å². The van der Waals surface area contributed by atoms with Gasteiger partial charge in [0.2, 0.25) is 0 Å². The van der Waals surface area contributed by atoms with E-state index >= 15 is 0 Å². The van der Waals surface area contributed by atoms with E-state index in [0.717, 1.165) is 46.9 Å². The minimum atomic E-state index is 0.665. The van der Waals surface area contributed by atoms with Crippen LogP contribution in [0.25, 0.3) is 0 Å². The van der Waals surface area contributed by atoms with E-state index in [0.29, 0.717) is 6.61 Å². The summed E-state index contributed by atoms with van der Waals surface area (Å²) in [6, 6.07) is 4.24. The lowest BCUT2D eigenvalue weighted by molar-refractivity contribution is 0.0662. The number of benzene rings is 1. The summed E-state index contributed by atoms with van der Waals surface area (Å²) >= 11 is 7.14. The van der Waals surface area contributed by atoms with Gasteiger partial charge in [-0.15, -0.1) is 0 Å². The van der Waals surface area contributed by atoms with Gasteiger partial charge in [0.05, 0.1) is 15.6 Å². The second-order valence-electron chi connectivity index (χ2n) is 5.01. The predicted octanol–water partition coefficient (Wildman–Crippen LogP) is 4.13. The largest absolute Gasteiger partial charge is 0.492 e. The van der Waals surface area contributed by atoms with Gasteiger partial charge in [0, 0.05) is 19.8 Å². The summed E-state index contributed by atoms with van der Waals surface area (Å²) in [5.74, 6) is 1.62. The van der Waals surface area contributed by atoms with Crippen LogP contribution in [-0.2, 0) is 11.3 Å². The SMILES string of the molecule is CCOc1c(Br)cc(CNCC2CCOCC2)cc1Br. The van der Waals surface area contributed by atoms with Crippen molar-refractivity contribution < 1.29 is 9.47 Å². The van der Waals surface area contributed by atoms with Crippen molar-refractivity contribution in [3.05, 3.63) is 26.6 Å². The van der Waals surface area contributed by atoms with Crippen molar-refractivity contribution in [3.63, 3.8) is 0 Å². The molecule has 0 amide bonds. The topological polar surface area (TPSA) is 30.5 Å². The van der Waals surface area contributed by atoms with Gasteiger partial charge in [-0.2, -0.15) is 0 Å². The third kappa shape index (κ3) is 4.72. The van der Waals surface area contributed by atoms with E-state index in [-0.39, 0.29) is 0 Å². The van der Waals surface area contributed by atoms with Crippen molar-refractivity contribution in [1.29, 1.82) is 0 Å². The Kier molecular flexibility index (Phi) is 6.81. The average Bonchev–Trinajstić information content (AvgIpc) is 2.44. The Morgan fingerprint density at radius 1 is 1.25 bits per heavy atom. The molecule has 0 saturated carbocycles. The lowest BCUT2D eigenvalue weighted by atomic mass is 10.0. The number of hydrogen-bond donors (Lipinski definition) is 1. The molecule has 1 saturated heterocycles. The highest BCUT2D eigenvalue weighted by Crippen LogP contribution is 2.34. The third-order valence-corrected chi connectivity index (χ3v) is 4.63. The Labute approximate surface area is 137 Å². The van der Waals surface area contributed by atoms with Crippen molar-refractivity contribution in [2.45, 2.75) is 26.3 Å². The molecule has 20 heavy (non-hydrogen) atoms. The molecule has 0 bridgehead atoms. The minimum absolute atomic E-state index is 0.665. The van der Waals surface area contributed by atoms with Crippen LogP contribution in [0.4, 0.5) is 0 Å². The van der Waals surface area contributed by atoms with Crippen LogP contribution in [0.5, 0.6) is 5.75 Å². The van der Waals surface area contributed by atoms with Crippen molar-refractivity contribution in [3.8, 4) is 5.75 Å². The lowest BCUT2D eigenvalue weighted by Gasteiger charge is -2.22. The molecule has 0 aromatic heterocycles. The number of halogens is 2. The van der Waals surface area contributed by atoms with E-state index in [1.165, 1.54) is 18.4 Å². The molecule has 0 spiro atoms. The van der Waals surface area contributed by atoms with Crippen LogP contribution in [0.2, 0.25) is 0 Å². The number of hydrogen-bond acceptors (Lipinski definition) is 3. The molecule has 0 atom stereocenters. The maximum absolute atomic E-state index is 5.59. The minimum Gasteiger partial charge on any atom is -0.492 e. The van der Waals surface area contributed by atoms with Gasteiger partial charge in [0.15, 0.2) is 0 Å². The summed E-state index contributed by atoms with van der Waals surface area (Å²) < 4.78 is 13.0. The standard InChI is InChI=1S/C15H21Br2NO2/c1-2-20-15-13(16)7-12(8-14(15)17)10-18-9-11-3-5-19-6-4-11/h7-8,11,18H,2-6,9-10H2,1H3. The molecule has 0 radical (unpaired) electrons. The first-order valence-electron chi connectivity index (χ1n) is 7.10. The molecule has 2 rings (SSSR count). The summed E-state index contributed by atoms with van der Waals surface area (Å²) in [4.78, 5) is 0. The summed E-state index contributed by atoms with van der Waals surface area (Å²) in [6.07, 6.45) is 2.34. The first kappa shape index (κ1) is 16.3. The van der Waals surface area contributed by atoms with Crippen LogP contribution in [0, 0.1) is 5.92 Å². The highest BCUT2D eigenvalue weighted by molar-refractivity contribution is 9.11. The first-order chi connectivity index (χ1) is 9.70. The normalized spacial score (nSPS) is 16.4. The van der Waals surface area contributed by atoms with Crippen LogP contribution < -0.4 is 10.1 Å². The molecule has 1 aromatic carbocycles. The number of nitrogens with one attached hydrogen (secondary N) is 1. The maximum atomic E-state index is 5.59. The van der Waals surface area contributed by atoms with Gasteiger partial charge in [0.1, 0.15) is 5.75 Å². The molecule has 1 fully saturated rings. The van der Waals surface area contributed by atoms with Crippen LogP contribution in [0.3, 0.4) is 0 Å². The molecule has 1 aromatic rings. The Morgan fingerprint density at radius 3 is 2.50 bits per heavy atom. The van der Waals surface area contributed by atoms with E-state index in [1.54, 1.807) is 0 Å². The lowest BCUT2D eigenvalue weighted by Crippen LogP contribution is -2.27. The maximum Gasteiger partial charge on any atom is 0.147 e. The molecule has 0 unspecified atom stereocenters. The van der Waals surface area contributed by atoms with Gasteiger partial charge in [0.25, 0.3) is 0 Å². The highest BCUT2D eigenvalue weighted by Gasteiger charge is 2.13. The fraction of sp³-hybridized carbons (Fsp3) is 0.600. The quantitative estimate of drug-likeness (QED) is 0.770. The van der Waals surface area contributed by atoms with Crippen LogP contribution >= 0.6 is 31.9 Å². The Morgan fingerprint density at radius 2 is 1.90 bits per heavy atom. The Balaban J connectivity index is 1.86. The van der Waals surface area contributed by atoms with Crippen molar-refractivity contribution in [2.24, 2.45) is 5.92 Å².